The van der Waals surface area contributed by atoms with E-state index in [-0.39, 0.29) is 0 Å². The third-order valence-corrected chi connectivity index (χ3v) is 4.23. The van der Waals surface area contributed by atoms with Crippen LogP contribution in [0.3, 0.4) is 0 Å². The molecule has 2 N–H and O–H groups in total. The normalized spacial score (nSPS) is 18.4. The number of imidazole rings is 1. The largest absolute Gasteiger partial charge is 0.337 e. The molecule has 17 heavy (non-hydrogen) atoms. The monoisotopic (exact) mass is 264 g/mol. The lowest BCUT2D eigenvalue weighted by atomic mass is 10.0. The van der Waals surface area contributed by atoms with Gasteiger partial charge < -0.3 is 9.97 Å². The van der Waals surface area contributed by atoms with E-state index in [0.29, 0.717) is 10.7 Å². The third kappa shape index (κ3) is 1.83. The van der Waals surface area contributed by atoms with E-state index in [1.165, 1.54) is 22.4 Å². The van der Waals surface area contributed by atoms with E-state index < -0.39 is 0 Å². The number of benzene rings is 1. The molecule has 0 amide bonds. The molecule has 0 radical (unpaired) electrons. The highest BCUT2D eigenvalue weighted by Gasteiger charge is 2.25. The summed E-state index contributed by atoms with van der Waals surface area (Å²) in [6.07, 6.45) is 4.09. The molecule has 0 bridgehead atoms. The molecule has 1 heterocycles. The Hall–Kier alpha value is -1.06. The van der Waals surface area contributed by atoms with Crippen LogP contribution in [0.15, 0.2) is 18.3 Å². The molecule has 1 aliphatic carbocycles. The van der Waals surface area contributed by atoms with Crippen molar-refractivity contribution in [1.29, 1.82) is 0 Å². The first-order chi connectivity index (χ1) is 8.15. The van der Waals surface area contributed by atoms with Crippen molar-refractivity contribution in [2.24, 2.45) is 0 Å². The van der Waals surface area contributed by atoms with Crippen molar-refractivity contribution in [3.8, 4) is 0 Å². The number of aromatic nitrogens is 2. The zero-order valence-electron chi connectivity index (χ0n) is 9.51. The molecule has 2 nitrogen and oxygen atoms in total. The molecule has 0 saturated heterocycles. The fourth-order valence-electron chi connectivity index (χ4n) is 2.63. The second kappa shape index (κ2) is 4.00. The molecule has 1 aromatic carbocycles. The van der Waals surface area contributed by atoms with Crippen LogP contribution in [0.1, 0.15) is 28.3 Å². The zero-order chi connectivity index (χ0) is 12.0. The smallest absolute Gasteiger partial charge is 0.174 e. The number of hydrogen-bond acceptors (Lipinski definition) is 1. The van der Waals surface area contributed by atoms with Crippen molar-refractivity contribution in [3.05, 3.63) is 50.5 Å². The van der Waals surface area contributed by atoms with Crippen LogP contribution in [-0.2, 0) is 12.8 Å². The van der Waals surface area contributed by atoms with Crippen LogP contribution >= 0.6 is 23.8 Å². The lowest BCUT2D eigenvalue weighted by Crippen LogP contribution is -1.98. The Morgan fingerprint density at radius 2 is 2.18 bits per heavy atom. The predicted molar refractivity (Wildman–Crippen MR) is 72.3 cm³/mol. The van der Waals surface area contributed by atoms with Crippen LogP contribution in [0.25, 0.3) is 0 Å². The molecule has 2 aromatic rings. The minimum atomic E-state index is 0.495. The third-order valence-electron chi connectivity index (χ3n) is 3.60. The first-order valence-corrected chi connectivity index (χ1v) is 6.48. The highest BCUT2D eigenvalue weighted by molar-refractivity contribution is 7.71. The van der Waals surface area contributed by atoms with Gasteiger partial charge in [0.15, 0.2) is 4.77 Å². The van der Waals surface area contributed by atoms with Gasteiger partial charge in [-0.3, -0.25) is 0 Å². The van der Waals surface area contributed by atoms with Crippen LogP contribution in [0, 0.1) is 11.7 Å². The first kappa shape index (κ1) is 11.1. The van der Waals surface area contributed by atoms with Crippen molar-refractivity contribution in [2.75, 3.05) is 0 Å². The Morgan fingerprint density at radius 1 is 1.35 bits per heavy atom. The summed E-state index contributed by atoms with van der Waals surface area (Å²) in [5.41, 5.74) is 5.24. The van der Waals surface area contributed by atoms with E-state index >= 15 is 0 Å². The molecule has 88 valence electrons. The SMILES string of the molecule is Cc1c(Cl)ccc2c1CC(c1c[nH]c(=S)[nH]1)C2. The maximum absolute atomic E-state index is 6.16. The molecule has 1 atom stereocenters. The van der Waals surface area contributed by atoms with E-state index in [0.717, 1.165) is 17.9 Å². The van der Waals surface area contributed by atoms with Gasteiger partial charge in [-0.25, -0.2) is 0 Å². The van der Waals surface area contributed by atoms with Crippen LogP contribution in [0.2, 0.25) is 5.02 Å². The highest BCUT2D eigenvalue weighted by Crippen LogP contribution is 2.36. The Kier molecular flexibility index (Phi) is 2.60. The van der Waals surface area contributed by atoms with Crippen LogP contribution in [0.4, 0.5) is 0 Å². The molecule has 4 heteroatoms. The van der Waals surface area contributed by atoms with Crippen LogP contribution in [0.5, 0.6) is 0 Å². The maximum atomic E-state index is 6.16. The minimum Gasteiger partial charge on any atom is -0.337 e. The van der Waals surface area contributed by atoms with Crippen LogP contribution in [-0.4, -0.2) is 9.97 Å². The summed E-state index contributed by atoms with van der Waals surface area (Å²) in [4.78, 5) is 6.24. The standard InChI is InChI=1S/C13H13ClN2S/c1-7-10-5-9(12-6-15-13(17)16-12)4-8(10)2-3-11(7)14/h2-3,6,9H,4-5H2,1H3,(H2,15,16,17). The van der Waals surface area contributed by atoms with Crippen molar-refractivity contribution >= 4 is 23.8 Å². The van der Waals surface area contributed by atoms with Gasteiger partial charge in [-0.1, -0.05) is 17.7 Å². The second-order valence-corrected chi connectivity index (χ2v) is 5.43. The fraction of sp³-hybridized carbons (Fsp3) is 0.308. The molecular weight excluding hydrogens is 252 g/mol. The number of aromatic amines is 2. The van der Waals surface area contributed by atoms with Gasteiger partial charge in [0.05, 0.1) is 0 Å². The zero-order valence-corrected chi connectivity index (χ0v) is 11.1. The number of H-pyrrole nitrogens is 2. The summed E-state index contributed by atoms with van der Waals surface area (Å²) in [5.74, 6) is 0.495. The van der Waals surface area contributed by atoms with Gasteiger partial charge in [0.2, 0.25) is 0 Å². The number of fused-ring (bicyclic) bond motifs is 1. The molecule has 1 unspecified atom stereocenters. The van der Waals surface area contributed by atoms with E-state index in [1.807, 2.05) is 12.3 Å². The molecule has 3 rings (SSSR count). The van der Waals surface area contributed by atoms with Crippen molar-refractivity contribution in [3.63, 3.8) is 0 Å². The maximum Gasteiger partial charge on any atom is 0.174 e. The van der Waals surface area contributed by atoms with E-state index in [4.69, 9.17) is 23.8 Å². The molecule has 0 aliphatic heterocycles. The lowest BCUT2D eigenvalue weighted by Gasteiger charge is -2.06. The van der Waals surface area contributed by atoms with Gasteiger partial charge >= 0.3 is 0 Å². The van der Waals surface area contributed by atoms with Crippen LogP contribution < -0.4 is 0 Å². The summed E-state index contributed by atoms with van der Waals surface area (Å²) in [6, 6.07) is 4.14. The predicted octanol–water partition coefficient (Wildman–Crippen LogP) is 3.92. The average Bonchev–Trinajstić information content (AvgIpc) is 2.90. The van der Waals surface area contributed by atoms with Crippen molar-refractivity contribution < 1.29 is 0 Å². The van der Waals surface area contributed by atoms with Gasteiger partial charge in [-0.2, -0.15) is 0 Å². The van der Waals surface area contributed by atoms with E-state index in [1.54, 1.807) is 0 Å². The number of halogens is 1. The van der Waals surface area contributed by atoms with Gasteiger partial charge in [0, 0.05) is 22.8 Å². The first-order valence-electron chi connectivity index (χ1n) is 5.69. The number of hydrogen-bond donors (Lipinski definition) is 2. The summed E-state index contributed by atoms with van der Waals surface area (Å²) in [7, 11) is 0. The van der Waals surface area contributed by atoms with Gasteiger partial charge in [-0.15, -0.1) is 0 Å². The Morgan fingerprint density at radius 3 is 2.88 bits per heavy atom. The van der Waals surface area contributed by atoms with Crippen molar-refractivity contribution in [2.45, 2.75) is 25.7 Å². The summed E-state index contributed by atoms with van der Waals surface area (Å²) in [5, 5.41) is 0.867. The van der Waals surface area contributed by atoms with Gasteiger partial charge in [-0.05, 0) is 54.7 Å². The molecule has 0 spiro atoms. The number of rotatable bonds is 1. The quantitative estimate of drug-likeness (QED) is 0.752. The summed E-state index contributed by atoms with van der Waals surface area (Å²) in [6.45, 7) is 2.10. The minimum absolute atomic E-state index is 0.495. The molecule has 0 fully saturated rings. The molecule has 0 saturated carbocycles. The Labute approximate surface area is 110 Å². The van der Waals surface area contributed by atoms with E-state index in [2.05, 4.69) is 23.0 Å². The second-order valence-electron chi connectivity index (χ2n) is 4.61. The average molecular weight is 265 g/mol. The van der Waals surface area contributed by atoms with Gasteiger partial charge in [0.1, 0.15) is 0 Å². The molecule has 1 aliphatic rings. The summed E-state index contributed by atoms with van der Waals surface area (Å²) < 4.78 is 0.700. The molecule has 1 aromatic heterocycles. The van der Waals surface area contributed by atoms with E-state index in [9.17, 15) is 0 Å². The molecular formula is C13H13ClN2S. The Bertz CT molecular complexity index is 627. The lowest BCUT2D eigenvalue weighted by molar-refractivity contribution is 0.718. The number of nitrogens with one attached hydrogen (secondary N) is 2. The fourth-order valence-corrected chi connectivity index (χ4v) is 2.98. The topological polar surface area (TPSA) is 31.6 Å². The Balaban J connectivity index is 1.98. The van der Waals surface area contributed by atoms with Gasteiger partial charge in [0.25, 0.3) is 0 Å². The van der Waals surface area contributed by atoms with Crippen molar-refractivity contribution in [1.82, 2.24) is 9.97 Å². The summed E-state index contributed by atoms with van der Waals surface area (Å²) >= 11 is 11.2. The highest BCUT2D eigenvalue weighted by atomic mass is 35.5.